The zero-order chi connectivity index (χ0) is 30.3. The van der Waals surface area contributed by atoms with Gasteiger partial charge in [-0.05, 0) is 108 Å². The molecule has 3 aromatic rings. The monoisotopic (exact) mass is 582 g/mol. The smallest absolute Gasteiger partial charge is 0.335 e. The van der Waals surface area contributed by atoms with E-state index >= 15 is 0 Å². The van der Waals surface area contributed by atoms with Crippen LogP contribution in [0.15, 0.2) is 171 Å². The number of carboxylic acid groups (broad SMARTS) is 1. The molecule has 0 saturated carbocycles. The average Bonchev–Trinajstić information content (AvgIpc) is 3.89. The van der Waals surface area contributed by atoms with Crippen LogP contribution in [0.3, 0.4) is 0 Å². The molecule has 0 amide bonds. The minimum atomic E-state index is -1.00. The van der Waals surface area contributed by atoms with Crippen LogP contribution in [0.1, 0.15) is 27.0 Å². The number of aromatic nitrogens is 2. The van der Waals surface area contributed by atoms with Crippen LogP contribution in [0, 0.1) is 0 Å². The molecule has 2 aromatic heterocycles. The van der Waals surface area contributed by atoms with Crippen molar-refractivity contribution in [2.75, 3.05) is 0 Å². The van der Waals surface area contributed by atoms with Gasteiger partial charge in [0.05, 0.1) is 51.2 Å². The largest absolute Gasteiger partial charge is 0.478 e. The van der Waals surface area contributed by atoms with Crippen molar-refractivity contribution in [1.82, 2.24) is 9.97 Å². The molecular formula is C37H22N6O2. The molecule has 0 saturated heterocycles. The molecule has 5 aliphatic rings. The molecule has 8 nitrogen and oxygen atoms in total. The number of rotatable bonds is 4. The second kappa shape index (κ2) is 10.7. The van der Waals surface area contributed by atoms with Gasteiger partial charge in [-0.15, -0.1) is 0 Å². The number of aliphatic imine (C=N–C) groups is 4. The van der Waals surface area contributed by atoms with E-state index in [9.17, 15) is 9.90 Å². The van der Waals surface area contributed by atoms with E-state index in [4.69, 9.17) is 20.0 Å². The molecule has 5 aliphatic heterocycles. The third kappa shape index (κ3) is 4.80. The predicted octanol–water partition coefficient (Wildman–Crippen LogP) is 6.65. The van der Waals surface area contributed by atoms with Crippen LogP contribution >= 0.6 is 0 Å². The lowest BCUT2D eigenvalue weighted by Crippen LogP contribution is -2.04. The van der Waals surface area contributed by atoms with Gasteiger partial charge in [0.1, 0.15) is 0 Å². The highest BCUT2D eigenvalue weighted by Gasteiger charge is 2.25. The molecular weight excluding hydrogens is 560 g/mol. The van der Waals surface area contributed by atoms with Crippen molar-refractivity contribution >= 4 is 45.5 Å². The molecule has 1 aromatic carbocycles. The number of aromatic carboxylic acids is 1. The summed E-state index contributed by atoms with van der Waals surface area (Å²) in [6, 6.07) is 14.7. The highest BCUT2D eigenvalue weighted by Crippen LogP contribution is 2.36. The van der Waals surface area contributed by atoms with E-state index in [1.807, 2.05) is 85.0 Å². The Balaban J connectivity index is 1.41. The van der Waals surface area contributed by atoms with Crippen molar-refractivity contribution in [3.05, 3.63) is 173 Å². The molecule has 0 unspecified atom stereocenters. The fourth-order valence-electron chi connectivity index (χ4n) is 5.75. The predicted molar refractivity (Wildman–Crippen MR) is 177 cm³/mol. The minimum absolute atomic E-state index is 0.185. The fourth-order valence-corrected chi connectivity index (χ4v) is 5.75. The van der Waals surface area contributed by atoms with Crippen molar-refractivity contribution in [2.24, 2.45) is 20.0 Å². The molecule has 1 N–H and O–H groups in total. The van der Waals surface area contributed by atoms with E-state index < -0.39 is 5.97 Å². The van der Waals surface area contributed by atoms with E-state index in [1.165, 1.54) is 0 Å². The summed E-state index contributed by atoms with van der Waals surface area (Å²) in [7, 11) is 0. The maximum atomic E-state index is 11.9. The van der Waals surface area contributed by atoms with Gasteiger partial charge in [0.15, 0.2) is 0 Å². The Kier molecular flexibility index (Phi) is 6.24. The minimum Gasteiger partial charge on any atom is -0.478 e. The third-order valence-electron chi connectivity index (χ3n) is 7.77. The van der Waals surface area contributed by atoms with Crippen LogP contribution in [0.5, 0.6) is 0 Å². The summed E-state index contributed by atoms with van der Waals surface area (Å²) in [6.45, 7) is 0. The maximum absolute atomic E-state index is 11.9. The quantitative estimate of drug-likeness (QED) is 0.371. The van der Waals surface area contributed by atoms with Gasteiger partial charge in [0, 0.05) is 41.5 Å². The Morgan fingerprint density at radius 1 is 0.533 bits per heavy atom. The number of hydrogen-bond donors (Lipinski definition) is 1. The topological polar surface area (TPSA) is 113 Å². The molecule has 8 bridgehead atoms. The van der Waals surface area contributed by atoms with E-state index in [2.05, 4.69) is 9.97 Å². The van der Waals surface area contributed by atoms with E-state index in [0.717, 1.165) is 62.1 Å². The number of benzene rings is 1. The second-order valence-electron chi connectivity index (χ2n) is 10.6. The Labute approximate surface area is 258 Å². The molecule has 7 heterocycles. The normalized spacial score (nSPS) is 18.0. The molecule has 0 aliphatic carbocycles. The lowest BCUT2D eigenvalue weighted by Gasteiger charge is -2.11. The van der Waals surface area contributed by atoms with Gasteiger partial charge in [0.25, 0.3) is 0 Å². The number of hydrogen-bond acceptors (Lipinski definition) is 7. The zero-order valence-electron chi connectivity index (χ0n) is 23.7. The van der Waals surface area contributed by atoms with Crippen LogP contribution in [-0.2, 0) is 0 Å². The van der Waals surface area contributed by atoms with Gasteiger partial charge in [-0.25, -0.2) is 24.8 Å². The van der Waals surface area contributed by atoms with Gasteiger partial charge in [-0.1, -0.05) is 12.1 Å². The summed E-state index contributed by atoms with van der Waals surface area (Å²) < 4.78 is 0. The number of nitrogens with zero attached hydrogens (tertiary/aromatic N) is 6. The SMILES string of the molecule is O=C(O)c1cccc(C2=C3C=CC(=N3)C=C3C=CC(=N3)C(c3ccncc3)=C3C=CC(=N3)C(c3ccncc3)=C3C=CC2=N3)c1. The van der Waals surface area contributed by atoms with Crippen LogP contribution in [0.4, 0.5) is 0 Å². The molecule has 45 heavy (non-hydrogen) atoms. The number of allylic oxidation sites excluding steroid dienone is 12. The molecule has 0 spiro atoms. The summed E-state index contributed by atoms with van der Waals surface area (Å²) >= 11 is 0. The first-order chi connectivity index (χ1) is 22.1. The summed E-state index contributed by atoms with van der Waals surface area (Å²) in [4.78, 5) is 40.5. The van der Waals surface area contributed by atoms with Crippen LogP contribution in [-0.4, -0.2) is 43.9 Å². The number of fused-ring (bicyclic) bond motifs is 4. The highest BCUT2D eigenvalue weighted by molar-refractivity contribution is 6.37. The van der Waals surface area contributed by atoms with Crippen molar-refractivity contribution < 1.29 is 9.90 Å². The van der Waals surface area contributed by atoms with E-state index in [1.54, 1.807) is 43.0 Å². The van der Waals surface area contributed by atoms with Crippen molar-refractivity contribution in [1.29, 1.82) is 0 Å². The van der Waals surface area contributed by atoms with Crippen molar-refractivity contribution in [3.8, 4) is 0 Å². The highest BCUT2D eigenvalue weighted by atomic mass is 16.4. The lowest BCUT2D eigenvalue weighted by atomic mass is 9.97. The lowest BCUT2D eigenvalue weighted by molar-refractivity contribution is 0.0697. The second-order valence-corrected chi connectivity index (χ2v) is 10.6. The summed E-state index contributed by atoms with van der Waals surface area (Å²) in [5, 5.41) is 9.73. The molecule has 0 fully saturated rings. The summed E-state index contributed by atoms with van der Waals surface area (Å²) in [5.74, 6) is -1.00. The third-order valence-corrected chi connectivity index (χ3v) is 7.77. The van der Waals surface area contributed by atoms with Gasteiger partial charge in [-0.2, -0.15) is 0 Å². The van der Waals surface area contributed by atoms with Gasteiger partial charge in [-0.3, -0.25) is 9.97 Å². The molecule has 8 heteroatoms. The Hall–Kier alpha value is -6.41. The maximum Gasteiger partial charge on any atom is 0.335 e. The first-order valence-electron chi connectivity index (χ1n) is 14.3. The van der Waals surface area contributed by atoms with Crippen molar-refractivity contribution in [2.45, 2.75) is 0 Å². The van der Waals surface area contributed by atoms with Crippen molar-refractivity contribution in [3.63, 3.8) is 0 Å². The number of pyridine rings is 2. The Morgan fingerprint density at radius 2 is 1.07 bits per heavy atom. The van der Waals surface area contributed by atoms with Gasteiger partial charge in [0.2, 0.25) is 0 Å². The van der Waals surface area contributed by atoms with E-state index in [-0.39, 0.29) is 5.56 Å². The van der Waals surface area contributed by atoms with E-state index in [0.29, 0.717) is 17.0 Å². The summed E-state index contributed by atoms with van der Waals surface area (Å²) in [5.41, 5.74) is 11.1. The fraction of sp³-hybridized carbons (Fsp3) is 0. The molecule has 0 atom stereocenters. The first kappa shape index (κ1) is 26.2. The average molecular weight is 583 g/mol. The zero-order valence-corrected chi connectivity index (χ0v) is 23.7. The van der Waals surface area contributed by atoms with Crippen LogP contribution in [0.25, 0.3) is 16.7 Å². The first-order valence-corrected chi connectivity index (χ1v) is 14.3. The standard InChI is InChI=1S/C37H22N6O2/c44-37(45)25-3-1-2-24(20-25)36-29-7-5-27(41-29)21-26-4-6-28(40-26)34(22-12-16-38-17-13-22)30-8-9-31(42-30)35(23-14-18-39-19-15-23)32-10-11-33(36)43-32/h1-21H,(H,44,45). The molecule has 0 radical (unpaired) electrons. The molecule has 212 valence electrons. The summed E-state index contributed by atoms with van der Waals surface area (Å²) in [6.07, 6.45) is 24.7. The number of carboxylic acids is 1. The number of carbonyl (C=O) groups is 1. The Morgan fingerprint density at radius 3 is 1.69 bits per heavy atom. The van der Waals surface area contributed by atoms with Crippen LogP contribution < -0.4 is 0 Å². The van der Waals surface area contributed by atoms with Crippen LogP contribution in [0.2, 0.25) is 0 Å². The van der Waals surface area contributed by atoms with Gasteiger partial charge < -0.3 is 5.11 Å². The molecule has 8 rings (SSSR count). The van der Waals surface area contributed by atoms with Gasteiger partial charge >= 0.3 is 5.97 Å². The Bertz CT molecular complexity index is 2200.